The zero-order chi connectivity index (χ0) is 18.3. The number of ether oxygens (including phenoxy) is 1. The number of aryl methyl sites for hydroxylation is 1. The maximum atomic E-state index is 12.8. The monoisotopic (exact) mass is 347 g/mol. The summed E-state index contributed by atoms with van der Waals surface area (Å²) in [7, 11) is 0. The van der Waals surface area contributed by atoms with E-state index in [2.05, 4.69) is 4.98 Å². The lowest BCUT2D eigenvalue weighted by atomic mass is 10.0. The molecule has 0 radical (unpaired) electrons. The molecule has 26 heavy (non-hydrogen) atoms. The van der Waals surface area contributed by atoms with Crippen molar-refractivity contribution in [2.45, 2.75) is 13.8 Å². The standard InChI is InChI=1S/C21H17NO4/c1-3-25-20(23)17-16-14-9-4-5-10-15(14)22-18(16)21(24)26-19(17)13-8-6-7-12(2)11-13/h4-11,22H,3H2,1-2H3. The lowest BCUT2D eigenvalue weighted by Gasteiger charge is -2.10. The molecule has 2 aromatic heterocycles. The molecule has 5 nitrogen and oxygen atoms in total. The number of nitrogens with one attached hydrogen (secondary N) is 1. The van der Waals surface area contributed by atoms with Gasteiger partial charge in [-0.3, -0.25) is 0 Å². The highest BCUT2D eigenvalue weighted by Gasteiger charge is 2.25. The average Bonchev–Trinajstić information content (AvgIpc) is 3.02. The first kappa shape index (κ1) is 16.1. The third-order valence-corrected chi connectivity index (χ3v) is 4.34. The van der Waals surface area contributed by atoms with Crippen LogP contribution in [0.2, 0.25) is 0 Å². The highest BCUT2D eigenvalue weighted by Crippen LogP contribution is 2.34. The van der Waals surface area contributed by atoms with Gasteiger partial charge in [-0.05, 0) is 26.0 Å². The predicted molar refractivity (Wildman–Crippen MR) is 100 cm³/mol. The summed E-state index contributed by atoms with van der Waals surface area (Å²) in [5, 5.41) is 1.32. The Labute approximate surface area is 149 Å². The molecule has 130 valence electrons. The molecule has 0 unspecified atom stereocenters. The minimum Gasteiger partial charge on any atom is -0.462 e. The van der Waals surface area contributed by atoms with Gasteiger partial charge in [-0.1, -0.05) is 42.0 Å². The van der Waals surface area contributed by atoms with Crippen LogP contribution >= 0.6 is 0 Å². The van der Waals surface area contributed by atoms with E-state index in [9.17, 15) is 9.59 Å². The molecule has 0 fully saturated rings. The molecular weight excluding hydrogens is 330 g/mol. The van der Waals surface area contributed by atoms with Crippen molar-refractivity contribution in [2.75, 3.05) is 6.61 Å². The van der Waals surface area contributed by atoms with Crippen LogP contribution in [0.15, 0.2) is 57.7 Å². The first-order valence-electron chi connectivity index (χ1n) is 8.42. The minimum atomic E-state index is -0.513. The maximum absolute atomic E-state index is 12.8. The number of H-pyrrole nitrogens is 1. The van der Waals surface area contributed by atoms with Crippen LogP contribution in [-0.4, -0.2) is 17.6 Å². The molecule has 0 spiro atoms. The topological polar surface area (TPSA) is 72.3 Å². The highest BCUT2D eigenvalue weighted by atomic mass is 16.5. The average molecular weight is 347 g/mol. The van der Waals surface area contributed by atoms with Gasteiger partial charge >= 0.3 is 11.6 Å². The number of benzene rings is 2. The number of aromatic amines is 1. The van der Waals surface area contributed by atoms with Crippen LogP contribution in [0.5, 0.6) is 0 Å². The van der Waals surface area contributed by atoms with Crippen molar-refractivity contribution in [3.8, 4) is 11.3 Å². The van der Waals surface area contributed by atoms with Gasteiger partial charge in [0.2, 0.25) is 0 Å². The fourth-order valence-corrected chi connectivity index (χ4v) is 3.25. The Bertz CT molecular complexity index is 1200. The van der Waals surface area contributed by atoms with Crippen molar-refractivity contribution in [1.82, 2.24) is 4.98 Å². The van der Waals surface area contributed by atoms with Crippen LogP contribution in [0.25, 0.3) is 33.1 Å². The minimum absolute atomic E-state index is 0.231. The molecule has 0 bridgehead atoms. The van der Waals surface area contributed by atoms with Crippen molar-refractivity contribution in [1.29, 1.82) is 0 Å². The van der Waals surface area contributed by atoms with Crippen LogP contribution in [0.1, 0.15) is 22.8 Å². The predicted octanol–water partition coefficient (Wildman–Crippen LogP) is 4.43. The lowest BCUT2D eigenvalue weighted by molar-refractivity contribution is 0.0527. The second kappa shape index (κ2) is 6.19. The van der Waals surface area contributed by atoms with Gasteiger partial charge in [0.25, 0.3) is 0 Å². The molecule has 0 atom stereocenters. The van der Waals surface area contributed by atoms with Crippen LogP contribution in [0.4, 0.5) is 0 Å². The van der Waals surface area contributed by atoms with Gasteiger partial charge in [0.05, 0.1) is 6.61 Å². The van der Waals surface area contributed by atoms with E-state index in [0.29, 0.717) is 10.9 Å². The van der Waals surface area contributed by atoms with Crippen LogP contribution in [0.3, 0.4) is 0 Å². The van der Waals surface area contributed by atoms with E-state index >= 15 is 0 Å². The fraction of sp³-hybridized carbons (Fsp3) is 0.143. The first-order valence-corrected chi connectivity index (χ1v) is 8.42. The number of para-hydroxylation sites is 1. The van der Waals surface area contributed by atoms with Crippen LogP contribution < -0.4 is 5.63 Å². The summed E-state index contributed by atoms with van der Waals surface area (Å²) < 4.78 is 10.8. The second-order valence-electron chi connectivity index (χ2n) is 6.10. The summed E-state index contributed by atoms with van der Waals surface area (Å²) in [5.74, 6) is -0.281. The van der Waals surface area contributed by atoms with E-state index in [1.54, 1.807) is 6.92 Å². The molecule has 0 aliphatic carbocycles. The van der Waals surface area contributed by atoms with Gasteiger partial charge in [-0.2, -0.15) is 0 Å². The first-order chi connectivity index (χ1) is 12.6. The van der Waals surface area contributed by atoms with Crippen molar-refractivity contribution in [3.05, 3.63) is 70.1 Å². The Morgan fingerprint density at radius 1 is 1.15 bits per heavy atom. The number of carbonyl (C=O) groups is 1. The Kier molecular flexibility index (Phi) is 3.84. The van der Waals surface area contributed by atoms with Crippen LogP contribution in [0, 0.1) is 6.92 Å². The molecule has 0 aliphatic heterocycles. The Morgan fingerprint density at radius 3 is 2.73 bits per heavy atom. The molecule has 4 rings (SSSR count). The van der Waals surface area contributed by atoms with Gasteiger partial charge in [0.15, 0.2) is 5.76 Å². The van der Waals surface area contributed by atoms with E-state index < -0.39 is 11.6 Å². The largest absolute Gasteiger partial charge is 0.462 e. The zero-order valence-corrected chi connectivity index (χ0v) is 14.5. The van der Waals surface area contributed by atoms with Gasteiger partial charge in [-0.15, -0.1) is 0 Å². The lowest BCUT2D eigenvalue weighted by Crippen LogP contribution is -2.11. The number of fused-ring (bicyclic) bond motifs is 3. The summed E-state index contributed by atoms with van der Waals surface area (Å²) in [5.41, 5.74) is 2.45. The van der Waals surface area contributed by atoms with E-state index in [4.69, 9.17) is 9.15 Å². The normalized spacial score (nSPS) is 11.2. The van der Waals surface area contributed by atoms with E-state index in [1.165, 1.54) is 0 Å². The van der Waals surface area contributed by atoms with E-state index in [1.807, 2.05) is 55.5 Å². The Morgan fingerprint density at radius 2 is 1.96 bits per heavy atom. The SMILES string of the molecule is CCOC(=O)c1c(-c2cccc(C)c2)oc(=O)c2[nH]c3ccccc3c12. The summed E-state index contributed by atoms with van der Waals surface area (Å²) >= 11 is 0. The van der Waals surface area contributed by atoms with Crippen molar-refractivity contribution in [3.63, 3.8) is 0 Å². The van der Waals surface area contributed by atoms with Gasteiger partial charge < -0.3 is 14.1 Å². The molecule has 0 aliphatic rings. The summed E-state index contributed by atoms with van der Waals surface area (Å²) in [6.07, 6.45) is 0. The number of rotatable bonds is 3. The molecule has 4 aromatic rings. The molecular formula is C21H17NO4. The molecule has 5 heteroatoms. The molecule has 2 aromatic carbocycles. The Hall–Kier alpha value is -3.34. The number of hydrogen-bond acceptors (Lipinski definition) is 4. The third kappa shape index (κ3) is 2.49. The van der Waals surface area contributed by atoms with Crippen molar-refractivity contribution >= 4 is 27.8 Å². The number of hydrogen-bond donors (Lipinski definition) is 1. The van der Waals surface area contributed by atoms with Crippen molar-refractivity contribution in [2.24, 2.45) is 0 Å². The molecule has 2 heterocycles. The fourth-order valence-electron chi connectivity index (χ4n) is 3.25. The number of esters is 1. The Balaban J connectivity index is 2.18. The summed E-state index contributed by atoms with van der Waals surface area (Å²) in [6, 6.07) is 15.0. The van der Waals surface area contributed by atoms with Gasteiger partial charge in [0, 0.05) is 21.9 Å². The van der Waals surface area contributed by atoms with Gasteiger partial charge in [0.1, 0.15) is 11.1 Å². The second-order valence-corrected chi connectivity index (χ2v) is 6.10. The summed E-state index contributed by atoms with van der Waals surface area (Å²) in [4.78, 5) is 28.5. The van der Waals surface area contributed by atoms with Crippen LogP contribution in [-0.2, 0) is 4.74 Å². The smallest absolute Gasteiger partial charge is 0.360 e. The molecule has 0 saturated heterocycles. The van der Waals surface area contributed by atoms with Gasteiger partial charge in [-0.25, -0.2) is 9.59 Å². The highest BCUT2D eigenvalue weighted by molar-refractivity contribution is 6.18. The van der Waals surface area contributed by atoms with E-state index in [0.717, 1.165) is 16.5 Å². The quantitative estimate of drug-likeness (QED) is 0.557. The summed E-state index contributed by atoms with van der Waals surface area (Å²) in [6.45, 7) is 3.92. The number of aromatic nitrogens is 1. The molecule has 0 saturated carbocycles. The molecule has 0 amide bonds. The van der Waals surface area contributed by atoms with Crippen molar-refractivity contribution < 1.29 is 13.9 Å². The third-order valence-electron chi connectivity index (χ3n) is 4.34. The zero-order valence-electron chi connectivity index (χ0n) is 14.5. The maximum Gasteiger partial charge on any atom is 0.360 e. The molecule has 1 N–H and O–H groups in total. The van der Waals surface area contributed by atoms with E-state index in [-0.39, 0.29) is 23.4 Å². The number of carbonyl (C=O) groups excluding carboxylic acids is 1.